The van der Waals surface area contributed by atoms with Crippen molar-refractivity contribution in [1.29, 1.82) is 0 Å². The van der Waals surface area contributed by atoms with Gasteiger partial charge in [0.25, 0.3) is 0 Å². The molecule has 0 heterocycles. The topological polar surface area (TPSA) is 0 Å². The van der Waals surface area contributed by atoms with Crippen molar-refractivity contribution in [3.05, 3.63) is 0 Å². The van der Waals surface area contributed by atoms with Gasteiger partial charge < -0.3 is 0 Å². The van der Waals surface area contributed by atoms with E-state index in [0.717, 1.165) is 0 Å². The summed E-state index contributed by atoms with van der Waals surface area (Å²) in [4.78, 5) is 0. The molecule has 0 rings (SSSR count). The van der Waals surface area contributed by atoms with Gasteiger partial charge in [0.2, 0.25) is 0 Å². The Morgan fingerprint density at radius 2 is 0.286 bits per heavy atom. The Morgan fingerprint density at radius 3 is 0.286 bits per heavy atom. The van der Waals surface area contributed by atoms with Crippen molar-refractivity contribution in [2.45, 2.75) is 0 Å². The molecule has 0 aliphatic heterocycles. The number of hydrogen-bond donors (Lipinski definition) is 0. The zero-order valence-electron chi connectivity index (χ0n) is 2.41. The van der Waals surface area contributed by atoms with Gasteiger partial charge in [-0.2, -0.15) is 0 Å². The third-order valence-electron chi connectivity index (χ3n) is 0. The van der Waals surface area contributed by atoms with E-state index >= 15 is 0 Å². The van der Waals surface area contributed by atoms with Crippen LogP contribution in [0.5, 0.6) is 0 Å². The maximum atomic E-state index is 0. The Kier molecular flexibility index (Phi) is 235. The Labute approximate surface area is 251 Å². The van der Waals surface area contributed by atoms with Crippen LogP contribution in [-0.4, -0.2) is 73.3 Å². The zero-order valence-corrected chi connectivity index (χ0v) is 16.9. The molecule has 0 aliphatic carbocycles. The molecular formula is Sb3Yb4. The summed E-state index contributed by atoms with van der Waals surface area (Å²) in [7, 11) is 0. The van der Waals surface area contributed by atoms with E-state index in [9.17, 15) is 0 Å². The van der Waals surface area contributed by atoms with Crippen molar-refractivity contribution in [2.24, 2.45) is 0 Å². The average molecular weight is 1060 g/mol. The molecule has 0 spiro atoms. The van der Waals surface area contributed by atoms with Crippen LogP contribution in [0.4, 0.5) is 0 Å². The molecule has 0 aromatic heterocycles. The van der Waals surface area contributed by atoms with Crippen LogP contribution in [0.2, 0.25) is 0 Å². The maximum Gasteiger partial charge on any atom is 0 e. The monoisotopic (exact) mass is 1060 g/mol. The molecule has 0 unspecified atom stereocenters. The molecule has 71 valence electrons. The molecule has 0 bridgehead atoms. The normalized spacial score (nSPS) is 0. The first-order valence-electron chi connectivity index (χ1n) is 0. The van der Waals surface area contributed by atoms with Crippen LogP contribution in [0.25, 0.3) is 0 Å². The molecule has 0 aromatic carbocycles. The summed E-state index contributed by atoms with van der Waals surface area (Å²) in [5, 5.41) is 0. The molecule has 9 radical (unpaired) electrons. The van der Waals surface area contributed by atoms with E-state index in [2.05, 4.69) is 0 Å². The fraction of sp³-hybridized carbons (Fsp3) is 0. The molecule has 0 saturated carbocycles. The summed E-state index contributed by atoms with van der Waals surface area (Å²) < 4.78 is 0. The predicted molar refractivity (Wildman–Crippen MR) is 17.3 cm³/mol. The number of hydrogen-bond acceptors (Lipinski definition) is 0. The van der Waals surface area contributed by atoms with Gasteiger partial charge in [-0.15, -0.1) is 0 Å². The molecule has 0 N–H and O–H groups in total. The molecule has 0 fully saturated rings. The Bertz CT molecular complexity index is 6.90. The van der Waals surface area contributed by atoms with Gasteiger partial charge in [0.05, 0.1) is 0 Å². The molecule has 0 aliphatic rings. The fourth-order valence-electron chi connectivity index (χ4n) is 0. The van der Waals surface area contributed by atoms with Gasteiger partial charge in [0, 0.05) is 261 Å². The molecule has 7 heavy (non-hydrogen) atoms. The second-order valence-electron chi connectivity index (χ2n) is 0. The maximum absolute atomic E-state index is 0. The first kappa shape index (κ1) is 45.1. The van der Waals surface area contributed by atoms with Crippen LogP contribution >= 0.6 is 0 Å². The van der Waals surface area contributed by atoms with E-state index in [-0.39, 0.29) is 261 Å². The predicted octanol–water partition coefficient (Wildman–Crippen LogP) is -1.14. The second kappa shape index (κ2) is 36.6. The first-order chi connectivity index (χ1) is 0. The molecule has 0 aromatic rings. The van der Waals surface area contributed by atoms with Crippen LogP contribution in [0, 0.1) is 188 Å². The van der Waals surface area contributed by atoms with E-state index in [1.165, 1.54) is 0 Å². The van der Waals surface area contributed by atoms with Crippen molar-refractivity contribution in [1.82, 2.24) is 0 Å². The van der Waals surface area contributed by atoms with E-state index in [0.29, 0.717) is 0 Å². The molecule has 0 nitrogen and oxygen atoms in total. The van der Waals surface area contributed by atoms with Gasteiger partial charge in [-0.1, -0.05) is 0 Å². The standard InChI is InChI=1S/3Sb.4Yb. The molecule has 7 heteroatoms. The van der Waals surface area contributed by atoms with Gasteiger partial charge >= 0.3 is 0 Å². The van der Waals surface area contributed by atoms with Crippen molar-refractivity contribution >= 4 is 73.3 Å². The summed E-state index contributed by atoms with van der Waals surface area (Å²) in [5.41, 5.74) is 0. The largest absolute Gasteiger partial charge is 0 e. The van der Waals surface area contributed by atoms with Gasteiger partial charge in [-0.05, 0) is 0 Å². The Morgan fingerprint density at radius 1 is 0.286 bits per heavy atom. The fourth-order valence-corrected chi connectivity index (χ4v) is 0. The van der Waals surface area contributed by atoms with Crippen LogP contribution < -0.4 is 0 Å². The minimum absolute atomic E-state index is 0. The number of rotatable bonds is 0. The molecule has 0 saturated heterocycles. The quantitative estimate of drug-likeness (QED) is 0.270. The van der Waals surface area contributed by atoms with Gasteiger partial charge in [-0.3, -0.25) is 0 Å². The van der Waals surface area contributed by atoms with E-state index < -0.39 is 0 Å². The Balaban J connectivity index is 0. The summed E-state index contributed by atoms with van der Waals surface area (Å²) in [5.74, 6) is 0. The van der Waals surface area contributed by atoms with Crippen LogP contribution in [-0.2, 0) is 0 Å². The summed E-state index contributed by atoms with van der Waals surface area (Å²) in [6.07, 6.45) is 0. The Hall–Kier alpha value is 8.53. The third-order valence-corrected chi connectivity index (χ3v) is 0. The molecule has 0 atom stereocenters. The SMILES string of the molecule is [Sb].[Sb].[Sb].[Yb].[Yb].[Yb].[Yb]. The van der Waals surface area contributed by atoms with Crippen molar-refractivity contribution in [2.75, 3.05) is 0 Å². The zero-order chi connectivity index (χ0) is 0. The van der Waals surface area contributed by atoms with Crippen molar-refractivity contribution in [3.63, 3.8) is 0 Å². The summed E-state index contributed by atoms with van der Waals surface area (Å²) in [6, 6.07) is 0. The van der Waals surface area contributed by atoms with E-state index in [4.69, 9.17) is 0 Å². The second-order valence-corrected chi connectivity index (χ2v) is 0. The minimum Gasteiger partial charge on any atom is 0 e. The summed E-state index contributed by atoms with van der Waals surface area (Å²) >= 11 is 0. The smallest absolute Gasteiger partial charge is 0 e. The third kappa shape index (κ3) is 31.4. The van der Waals surface area contributed by atoms with Gasteiger partial charge in [0.1, 0.15) is 0 Å². The average Bonchev–Trinajstić information content (AvgIpc) is 0. The van der Waals surface area contributed by atoms with Crippen molar-refractivity contribution < 1.29 is 188 Å². The van der Waals surface area contributed by atoms with Crippen molar-refractivity contribution in [3.8, 4) is 0 Å². The van der Waals surface area contributed by atoms with Crippen LogP contribution in [0.15, 0.2) is 0 Å². The van der Waals surface area contributed by atoms with Crippen LogP contribution in [0.3, 0.4) is 0 Å². The van der Waals surface area contributed by atoms with Crippen LogP contribution in [0.1, 0.15) is 0 Å². The van der Waals surface area contributed by atoms with Gasteiger partial charge in [-0.25, -0.2) is 0 Å². The van der Waals surface area contributed by atoms with E-state index in [1.807, 2.05) is 0 Å². The summed E-state index contributed by atoms with van der Waals surface area (Å²) in [6.45, 7) is 0. The molecule has 0 amide bonds. The van der Waals surface area contributed by atoms with Gasteiger partial charge in [0.15, 0.2) is 0 Å². The minimum atomic E-state index is 0. The van der Waals surface area contributed by atoms with E-state index in [1.54, 1.807) is 0 Å². The first-order valence-corrected chi connectivity index (χ1v) is 0. The molecular weight excluding hydrogens is 1060 g/mol.